The normalized spacial score (nSPS) is 20.0. The van der Waals surface area contributed by atoms with Crippen LogP contribution in [0.25, 0.3) is 11.4 Å². The van der Waals surface area contributed by atoms with Gasteiger partial charge in [-0.1, -0.05) is 38.1 Å². The Morgan fingerprint density at radius 2 is 1.87 bits per heavy atom. The number of hydrogen-bond acceptors (Lipinski definition) is 5. The molecule has 30 heavy (non-hydrogen) atoms. The minimum atomic E-state index is -4.23. The van der Waals surface area contributed by atoms with Crippen LogP contribution < -0.4 is 5.73 Å². The maximum Gasteiger partial charge on any atom is 0.420 e. The largest absolute Gasteiger partial charge is 0.420 e. The number of rotatable bonds is 5. The van der Waals surface area contributed by atoms with Crippen molar-refractivity contribution in [2.75, 3.05) is 0 Å². The van der Waals surface area contributed by atoms with E-state index in [1.165, 1.54) is 24.3 Å². The number of carbonyl (C=O) groups is 1. The van der Waals surface area contributed by atoms with E-state index < -0.39 is 16.2 Å². The number of imidazole rings is 1. The summed E-state index contributed by atoms with van der Waals surface area (Å²) < 4.78 is 41.6. The van der Waals surface area contributed by atoms with E-state index in [2.05, 4.69) is 28.0 Å². The average Bonchev–Trinajstić information content (AvgIpc) is 3.01. The zero-order chi connectivity index (χ0) is 21.7. The lowest BCUT2D eigenvalue weighted by Gasteiger charge is -2.06. The van der Waals surface area contributed by atoms with Gasteiger partial charge in [-0.3, -0.25) is 0 Å². The fourth-order valence-electron chi connectivity index (χ4n) is 4.11. The number of carbonyl (C=O) groups excluding carboxylic acids is 1. The maximum atomic E-state index is 13.5. The summed E-state index contributed by atoms with van der Waals surface area (Å²) in [5.74, 6) is 0.533. The lowest BCUT2D eigenvalue weighted by atomic mass is 10.0. The molecule has 0 radical (unpaired) electrons. The molecule has 2 atom stereocenters. The molecule has 0 aliphatic heterocycles. The van der Waals surface area contributed by atoms with Crippen molar-refractivity contribution in [1.29, 1.82) is 0 Å². The lowest BCUT2D eigenvalue weighted by molar-refractivity contribution is 0.212. The van der Waals surface area contributed by atoms with Gasteiger partial charge in [0.1, 0.15) is 16.5 Å². The SMILES string of the molecule is CC1(C)[C@@H](c2ccc(S(=O)(=O)OC(N)=O)cc2)[C@@H]1c1cnc(-c2cccc(F)c2)[nH]1. The summed E-state index contributed by atoms with van der Waals surface area (Å²) in [7, 11) is -4.23. The van der Waals surface area contributed by atoms with Gasteiger partial charge in [-0.25, -0.2) is 14.2 Å². The van der Waals surface area contributed by atoms with E-state index in [0.717, 1.165) is 11.3 Å². The molecular weight excluding hydrogens is 409 g/mol. The lowest BCUT2D eigenvalue weighted by Crippen LogP contribution is -2.18. The van der Waals surface area contributed by atoms with Crippen LogP contribution in [0.1, 0.15) is 36.9 Å². The molecule has 1 aliphatic carbocycles. The third kappa shape index (κ3) is 3.56. The van der Waals surface area contributed by atoms with Gasteiger partial charge in [0.25, 0.3) is 0 Å². The van der Waals surface area contributed by atoms with E-state index >= 15 is 0 Å². The molecule has 1 aromatic heterocycles. The van der Waals surface area contributed by atoms with E-state index in [1.807, 2.05) is 0 Å². The smallest absolute Gasteiger partial charge is 0.342 e. The first kappa shape index (κ1) is 20.1. The maximum absolute atomic E-state index is 13.5. The van der Waals surface area contributed by atoms with Crippen LogP contribution in [-0.2, 0) is 14.3 Å². The van der Waals surface area contributed by atoms with Crippen LogP contribution in [0.3, 0.4) is 0 Å². The van der Waals surface area contributed by atoms with Gasteiger partial charge in [0, 0.05) is 23.4 Å². The van der Waals surface area contributed by atoms with Crippen molar-refractivity contribution in [3.8, 4) is 11.4 Å². The highest BCUT2D eigenvalue weighted by Gasteiger charge is 2.59. The van der Waals surface area contributed by atoms with Gasteiger partial charge in [0.15, 0.2) is 0 Å². The highest BCUT2D eigenvalue weighted by molar-refractivity contribution is 7.87. The molecule has 3 aromatic rings. The average molecular weight is 429 g/mol. The van der Waals surface area contributed by atoms with Crippen LogP contribution in [0.15, 0.2) is 59.6 Å². The first-order chi connectivity index (χ1) is 14.1. The second-order valence-corrected chi connectivity index (χ2v) is 9.45. The van der Waals surface area contributed by atoms with Crippen molar-refractivity contribution >= 4 is 16.2 Å². The summed E-state index contributed by atoms with van der Waals surface area (Å²) in [6.07, 6.45) is 0.377. The van der Waals surface area contributed by atoms with Gasteiger partial charge in [-0.05, 0) is 41.2 Å². The second-order valence-electron chi connectivity index (χ2n) is 7.90. The number of nitrogens with two attached hydrogens (primary N) is 1. The first-order valence-corrected chi connectivity index (χ1v) is 10.6. The molecule has 9 heteroatoms. The highest BCUT2D eigenvalue weighted by atomic mass is 32.2. The highest BCUT2D eigenvalue weighted by Crippen LogP contribution is 2.69. The molecule has 1 saturated carbocycles. The predicted molar refractivity (Wildman–Crippen MR) is 108 cm³/mol. The third-order valence-electron chi connectivity index (χ3n) is 5.58. The topological polar surface area (TPSA) is 115 Å². The number of amides is 1. The van der Waals surface area contributed by atoms with Crippen LogP contribution in [0.4, 0.5) is 9.18 Å². The summed E-state index contributed by atoms with van der Waals surface area (Å²) in [6, 6.07) is 12.4. The van der Waals surface area contributed by atoms with Crippen LogP contribution in [0.5, 0.6) is 0 Å². The van der Waals surface area contributed by atoms with E-state index in [0.29, 0.717) is 11.4 Å². The Morgan fingerprint density at radius 1 is 1.17 bits per heavy atom. The van der Waals surface area contributed by atoms with E-state index in [1.54, 1.807) is 30.5 Å². The van der Waals surface area contributed by atoms with Gasteiger partial charge in [-0.15, -0.1) is 0 Å². The Hall–Kier alpha value is -3.20. The molecule has 1 aliphatic rings. The van der Waals surface area contributed by atoms with E-state index in [9.17, 15) is 17.6 Å². The fourth-order valence-corrected chi connectivity index (χ4v) is 4.90. The Morgan fingerprint density at radius 3 is 2.50 bits per heavy atom. The van der Waals surface area contributed by atoms with Gasteiger partial charge in [0.05, 0.1) is 0 Å². The summed E-state index contributed by atoms with van der Waals surface area (Å²) >= 11 is 0. The van der Waals surface area contributed by atoms with E-state index in [-0.39, 0.29) is 28.0 Å². The quantitative estimate of drug-likeness (QED) is 0.597. The molecule has 1 fully saturated rings. The van der Waals surface area contributed by atoms with Gasteiger partial charge < -0.3 is 14.9 Å². The monoisotopic (exact) mass is 429 g/mol. The second kappa shape index (κ2) is 6.94. The first-order valence-electron chi connectivity index (χ1n) is 9.24. The minimum absolute atomic E-state index is 0.0874. The molecule has 0 unspecified atom stereocenters. The standard InChI is InChI=1S/C21H20FN3O4S/c1-21(2)17(12-6-8-15(9-7-12)30(27,28)29-20(23)26)18(21)16-11-24-19(25-16)13-4-3-5-14(22)10-13/h3-11,17-18H,1-2H3,(H2,23,26)(H,24,25)/t17-,18-/m0/s1. The van der Waals surface area contributed by atoms with Crippen molar-refractivity contribution in [3.63, 3.8) is 0 Å². The number of halogens is 1. The molecule has 156 valence electrons. The van der Waals surface area contributed by atoms with Crippen molar-refractivity contribution in [1.82, 2.24) is 9.97 Å². The van der Waals surface area contributed by atoms with Crippen molar-refractivity contribution in [3.05, 3.63) is 71.8 Å². The van der Waals surface area contributed by atoms with Gasteiger partial charge >= 0.3 is 16.2 Å². The summed E-state index contributed by atoms with van der Waals surface area (Å²) in [4.78, 5) is 18.3. The number of benzene rings is 2. The number of nitrogens with zero attached hydrogens (tertiary/aromatic N) is 1. The zero-order valence-electron chi connectivity index (χ0n) is 16.3. The van der Waals surface area contributed by atoms with Crippen LogP contribution in [0, 0.1) is 11.2 Å². The number of aromatic nitrogens is 2. The molecule has 0 saturated heterocycles. The van der Waals surface area contributed by atoms with Crippen LogP contribution >= 0.6 is 0 Å². The molecule has 0 spiro atoms. The number of hydrogen-bond donors (Lipinski definition) is 2. The van der Waals surface area contributed by atoms with Crippen LogP contribution in [-0.4, -0.2) is 24.5 Å². The molecule has 2 aromatic carbocycles. The summed E-state index contributed by atoms with van der Waals surface area (Å²) in [6.45, 7) is 4.23. The number of nitrogens with one attached hydrogen (secondary N) is 1. The fraction of sp³-hybridized carbons (Fsp3) is 0.238. The predicted octanol–water partition coefficient (Wildman–Crippen LogP) is 3.91. The molecular formula is C21H20FN3O4S. The van der Waals surface area contributed by atoms with Crippen molar-refractivity contribution < 1.29 is 21.8 Å². The molecule has 7 nitrogen and oxygen atoms in total. The Labute approximate surface area is 173 Å². The molecule has 3 N–H and O–H groups in total. The van der Waals surface area contributed by atoms with Crippen molar-refractivity contribution in [2.24, 2.45) is 11.1 Å². The Balaban J connectivity index is 1.58. The number of H-pyrrole nitrogens is 1. The third-order valence-corrected chi connectivity index (χ3v) is 6.81. The summed E-state index contributed by atoms with van der Waals surface area (Å²) in [5, 5.41) is 0. The Kier molecular flexibility index (Phi) is 4.65. The zero-order valence-corrected chi connectivity index (χ0v) is 17.1. The minimum Gasteiger partial charge on any atom is -0.342 e. The van der Waals surface area contributed by atoms with Gasteiger partial charge in [0.2, 0.25) is 0 Å². The molecule has 1 heterocycles. The molecule has 0 bridgehead atoms. The molecule has 1 amide bonds. The Bertz CT molecular complexity index is 1220. The molecule has 4 rings (SSSR count). The number of primary amides is 1. The van der Waals surface area contributed by atoms with E-state index in [4.69, 9.17) is 5.73 Å². The van der Waals surface area contributed by atoms with Gasteiger partial charge in [-0.2, -0.15) is 8.42 Å². The van der Waals surface area contributed by atoms with Crippen LogP contribution in [0.2, 0.25) is 0 Å². The summed E-state index contributed by atoms with van der Waals surface area (Å²) in [5.41, 5.74) is 7.26. The number of aromatic amines is 1. The van der Waals surface area contributed by atoms with Crippen molar-refractivity contribution in [2.45, 2.75) is 30.6 Å².